The van der Waals surface area contributed by atoms with Crippen molar-refractivity contribution in [1.82, 2.24) is 5.32 Å². The quantitative estimate of drug-likeness (QED) is 0.843. The van der Waals surface area contributed by atoms with E-state index in [2.05, 4.69) is 50.5 Å². The van der Waals surface area contributed by atoms with Gasteiger partial charge in [0.15, 0.2) is 0 Å². The third kappa shape index (κ3) is 3.80. The molecule has 0 radical (unpaired) electrons. The van der Waals surface area contributed by atoms with Gasteiger partial charge in [-0.05, 0) is 49.8 Å². The molecule has 0 amide bonds. The molecule has 0 fully saturated rings. The summed E-state index contributed by atoms with van der Waals surface area (Å²) >= 11 is 0. The summed E-state index contributed by atoms with van der Waals surface area (Å²) in [6, 6.07) is 9.37. The van der Waals surface area contributed by atoms with Gasteiger partial charge >= 0.3 is 0 Å². The van der Waals surface area contributed by atoms with Crippen molar-refractivity contribution in [1.29, 1.82) is 0 Å². The van der Waals surface area contributed by atoms with E-state index in [9.17, 15) is 0 Å². The Morgan fingerprint density at radius 2 is 2.11 bits per heavy atom. The van der Waals surface area contributed by atoms with Crippen LogP contribution < -0.4 is 5.32 Å². The molecule has 0 saturated carbocycles. The topological polar surface area (TPSA) is 21.3 Å². The van der Waals surface area contributed by atoms with E-state index in [0.717, 1.165) is 19.4 Å². The first-order valence-corrected chi connectivity index (χ1v) is 7.59. The van der Waals surface area contributed by atoms with Crippen molar-refractivity contribution in [2.45, 2.75) is 51.7 Å². The lowest BCUT2D eigenvalue weighted by Gasteiger charge is -2.27. The van der Waals surface area contributed by atoms with Gasteiger partial charge in [0.05, 0.1) is 12.7 Å². The molecule has 106 valence electrons. The highest BCUT2D eigenvalue weighted by molar-refractivity contribution is 5.30. The average molecular weight is 261 g/mol. The van der Waals surface area contributed by atoms with Crippen LogP contribution in [0, 0.1) is 5.92 Å². The molecule has 0 bridgehead atoms. The Labute approximate surface area is 117 Å². The van der Waals surface area contributed by atoms with Gasteiger partial charge in [0, 0.05) is 6.04 Å². The van der Waals surface area contributed by atoms with Gasteiger partial charge in [0.2, 0.25) is 0 Å². The van der Waals surface area contributed by atoms with Crippen LogP contribution in [-0.2, 0) is 11.2 Å². The van der Waals surface area contributed by atoms with Crippen molar-refractivity contribution < 1.29 is 4.74 Å². The Bertz CT molecular complexity index is 389. The van der Waals surface area contributed by atoms with Crippen molar-refractivity contribution in [2.75, 3.05) is 13.7 Å². The van der Waals surface area contributed by atoms with Crippen LogP contribution in [0.3, 0.4) is 0 Å². The zero-order chi connectivity index (χ0) is 13.7. The minimum atomic E-state index is 0.314. The van der Waals surface area contributed by atoms with Gasteiger partial charge in [-0.15, -0.1) is 0 Å². The summed E-state index contributed by atoms with van der Waals surface area (Å²) in [7, 11) is 2.07. The highest BCUT2D eigenvalue weighted by atomic mass is 16.5. The lowest BCUT2D eigenvalue weighted by atomic mass is 9.92. The van der Waals surface area contributed by atoms with Crippen LogP contribution in [0.2, 0.25) is 0 Å². The summed E-state index contributed by atoms with van der Waals surface area (Å²) in [4.78, 5) is 0. The standard InChI is InChI=1S/C17H27NO/c1-13(2)16(18-3)9-6-10-17-15-8-5-4-7-14(15)11-12-19-17/h4-5,7-8,13,16-18H,6,9-12H2,1-3H3. The van der Waals surface area contributed by atoms with Crippen molar-refractivity contribution in [3.63, 3.8) is 0 Å². The molecule has 19 heavy (non-hydrogen) atoms. The van der Waals surface area contributed by atoms with Crippen LogP contribution >= 0.6 is 0 Å². The third-order valence-electron chi connectivity index (χ3n) is 4.25. The Kier molecular flexibility index (Phi) is 5.41. The van der Waals surface area contributed by atoms with Gasteiger partial charge in [0.1, 0.15) is 0 Å². The molecule has 2 nitrogen and oxygen atoms in total. The molecule has 2 atom stereocenters. The number of fused-ring (bicyclic) bond motifs is 1. The Hall–Kier alpha value is -0.860. The molecule has 1 aromatic carbocycles. The molecular weight excluding hydrogens is 234 g/mol. The SMILES string of the molecule is CNC(CCCC1OCCc2ccccc21)C(C)C. The van der Waals surface area contributed by atoms with E-state index in [-0.39, 0.29) is 0 Å². The number of benzene rings is 1. The summed E-state index contributed by atoms with van der Waals surface area (Å²) in [5.74, 6) is 0.699. The lowest BCUT2D eigenvalue weighted by Crippen LogP contribution is -2.30. The Morgan fingerprint density at radius 3 is 2.84 bits per heavy atom. The van der Waals surface area contributed by atoms with Gasteiger partial charge in [-0.3, -0.25) is 0 Å². The molecule has 2 heteroatoms. The number of hydrogen-bond donors (Lipinski definition) is 1. The van der Waals surface area contributed by atoms with E-state index in [0.29, 0.717) is 18.1 Å². The minimum absolute atomic E-state index is 0.314. The first kappa shape index (κ1) is 14.5. The minimum Gasteiger partial charge on any atom is -0.373 e. The molecule has 1 aliphatic rings. The maximum absolute atomic E-state index is 5.96. The predicted molar refractivity (Wildman–Crippen MR) is 80.4 cm³/mol. The molecule has 1 heterocycles. The number of rotatable bonds is 6. The van der Waals surface area contributed by atoms with Crippen molar-refractivity contribution in [3.8, 4) is 0 Å². The molecule has 0 aliphatic carbocycles. The van der Waals surface area contributed by atoms with E-state index in [4.69, 9.17) is 4.74 Å². The van der Waals surface area contributed by atoms with Gasteiger partial charge in [0.25, 0.3) is 0 Å². The van der Waals surface area contributed by atoms with E-state index >= 15 is 0 Å². The fraction of sp³-hybridized carbons (Fsp3) is 0.647. The summed E-state index contributed by atoms with van der Waals surface area (Å²) in [6.07, 6.45) is 4.98. The van der Waals surface area contributed by atoms with Gasteiger partial charge < -0.3 is 10.1 Å². The second-order valence-electron chi connectivity index (χ2n) is 5.88. The summed E-state index contributed by atoms with van der Waals surface area (Å²) in [6.45, 7) is 5.45. The largest absolute Gasteiger partial charge is 0.373 e. The van der Waals surface area contributed by atoms with E-state index in [1.165, 1.54) is 24.0 Å². The fourth-order valence-corrected chi connectivity index (χ4v) is 3.05. The highest BCUT2D eigenvalue weighted by Crippen LogP contribution is 2.31. The maximum Gasteiger partial charge on any atom is 0.0827 e. The summed E-state index contributed by atoms with van der Waals surface area (Å²) in [5, 5.41) is 3.42. The van der Waals surface area contributed by atoms with Gasteiger partial charge in [-0.1, -0.05) is 38.1 Å². The molecular formula is C17H27NO. The van der Waals surface area contributed by atoms with Crippen LogP contribution in [0.25, 0.3) is 0 Å². The number of ether oxygens (including phenoxy) is 1. The molecule has 0 saturated heterocycles. The van der Waals surface area contributed by atoms with E-state index < -0.39 is 0 Å². The lowest BCUT2D eigenvalue weighted by molar-refractivity contribution is 0.0342. The smallest absolute Gasteiger partial charge is 0.0827 e. The maximum atomic E-state index is 5.96. The highest BCUT2D eigenvalue weighted by Gasteiger charge is 2.20. The average Bonchev–Trinajstić information content (AvgIpc) is 2.43. The summed E-state index contributed by atoms with van der Waals surface area (Å²) in [5.41, 5.74) is 2.90. The molecule has 1 aliphatic heterocycles. The Balaban J connectivity index is 1.87. The van der Waals surface area contributed by atoms with Crippen LogP contribution in [0.1, 0.15) is 50.3 Å². The molecule has 0 aromatic heterocycles. The van der Waals surface area contributed by atoms with Crippen LogP contribution in [0.5, 0.6) is 0 Å². The second kappa shape index (κ2) is 7.06. The zero-order valence-corrected chi connectivity index (χ0v) is 12.5. The first-order chi connectivity index (χ1) is 9.22. The monoisotopic (exact) mass is 261 g/mol. The predicted octanol–water partition coefficient (Wildman–Crippen LogP) is 3.71. The van der Waals surface area contributed by atoms with Crippen LogP contribution in [0.4, 0.5) is 0 Å². The van der Waals surface area contributed by atoms with Gasteiger partial charge in [-0.2, -0.15) is 0 Å². The molecule has 2 rings (SSSR count). The van der Waals surface area contributed by atoms with Crippen LogP contribution in [-0.4, -0.2) is 19.7 Å². The van der Waals surface area contributed by atoms with E-state index in [1.807, 2.05) is 0 Å². The first-order valence-electron chi connectivity index (χ1n) is 7.59. The molecule has 1 N–H and O–H groups in total. The fourth-order valence-electron chi connectivity index (χ4n) is 3.05. The van der Waals surface area contributed by atoms with E-state index in [1.54, 1.807) is 0 Å². The van der Waals surface area contributed by atoms with Crippen molar-refractivity contribution in [3.05, 3.63) is 35.4 Å². The van der Waals surface area contributed by atoms with Crippen molar-refractivity contribution in [2.24, 2.45) is 5.92 Å². The summed E-state index contributed by atoms with van der Waals surface area (Å²) < 4.78 is 5.96. The number of nitrogens with one attached hydrogen (secondary N) is 1. The molecule has 0 spiro atoms. The third-order valence-corrected chi connectivity index (χ3v) is 4.25. The van der Waals surface area contributed by atoms with Gasteiger partial charge in [-0.25, -0.2) is 0 Å². The van der Waals surface area contributed by atoms with Crippen LogP contribution in [0.15, 0.2) is 24.3 Å². The normalized spacial score (nSPS) is 20.3. The molecule has 1 aromatic rings. The second-order valence-corrected chi connectivity index (χ2v) is 5.88. The molecule has 2 unspecified atom stereocenters. The van der Waals surface area contributed by atoms with Crippen molar-refractivity contribution >= 4 is 0 Å². The number of hydrogen-bond acceptors (Lipinski definition) is 2. The zero-order valence-electron chi connectivity index (χ0n) is 12.5. The Morgan fingerprint density at radius 1 is 1.32 bits per heavy atom.